The molecule has 13 heavy (non-hydrogen) atoms. The smallest absolute Gasteiger partial charge is 0.0438 e. The van der Waals surface area contributed by atoms with Gasteiger partial charge in [0.2, 0.25) is 0 Å². The minimum Gasteiger partial charge on any atom is -0.0438 e. The molecule has 0 nitrogen and oxygen atoms in total. The molecule has 0 aliphatic heterocycles. The predicted octanol–water partition coefficient (Wildman–Crippen LogP) is 3.26. The molecule has 3 saturated carbocycles. The van der Waals surface area contributed by atoms with E-state index in [1.807, 2.05) is 0 Å². The third kappa shape index (κ3) is 1.44. The molecule has 3 aliphatic rings. The van der Waals surface area contributed by atoms with Gasteiger partial charge in [0, 0.05) is 0 Å². The van der Waals surface area contributed by atoms with Crippen molar-refractivity contribution in [1.82, 2.24) is 0 Å². The van der Waals surface area contributed by atoms with E-state index in [9.17, 15) is 0 Å². The van der Waals surface area contributed by atoms with Crippen LogP contribution in [-0.2, 0) is 10.9 Å². The average Bonchev–Trinajstić information content (AvgIpc) is 1.73. The lowest BCUT2D eigenvalue weighted by Gasteiger charge is -2.41. The Morgan fingerprint density at radius 3 is 1.00 bits per heavy atom. The summed E-state index contributed by atoms with van der Waals surface area (Å²) in [7, 11) is 0.902. The van der Waals surface area contributed by atoms with E-state index in [0.717, 1.165) is 10.9 Å². The maximum Gasteiger partial charge on any atom is 0.118 e. The number of hydrogen-bond donors (Lipinski definition) is 0. The van der Waals surface area contributed by atoms with E-state index in [2.05, 4.69) is 0 Å². The maximum atomic E-state index is 1.59. The Kier molecular flexibility index (Phi) is 2.32. The van der Waals surface area contributed by atoms with Crippen molar-refractivity contribution < 1.29 is 0 Å². The van der Waals surface area contributed by atoms with Gasteiger partial charge in [0.25, 0.3) is 0 Å². The summed E-state index contributed by atoms with van der Waals surface area (Å²) in [6.45, 7) is 0. The Morgan fingerprint density at radius 2 is 0.846 bits per heavy atom. The average molecular weight is 197 g/mol. The van der Waals surface area contributed by atoms with Gasteiger partial charge in [-0.3, -0.25) is 0 Å². The molecule has 0 aromatic rings. The molecule has 0 atom stereocenters. The van der Waals surface area contributed by atoms with Gasteiger partial charge >= 0.3 is 0 Å². The van der Waals surface area contributed by atoms with Crippen LogP contribution in [0.5, 0.6) is 0 Å². The first-order chi connectivity index (χ1) is 6.45. The highest BCUT2D eigenvalue weighted by Gasteiger charge is 2.50. The second kappa shape index (κ2) is 3.49. The second-order valence-corrected chi connectivity index (χ2v) is 7.88. The molecule has 1 heteroatoms. The van der Waals surface area contributed by atoms with E-state index in [0.29, 0.717) is 0 Å². The zero-order valence-electron chi connectivity index (χ0n) is 8.50. The lowest BCUT2D eigenvalue weighted by molar-refractivity contribution is 0.449. The van der Waals surface area contributed by atoms with Crippen LogP contribution < -0.4 is 0 Å². The van der Waals surface area contributed by atoms with E-state index in [-0.39, 0.29) is 0 Å². The van der Waals surface area contributed by atoms with Gasteiger partial charge in [-0.15, -0.1) is 0 Å². The fraction of sp³-hybridized carbons (Fsp3) is 1.00. The summed E-state index contributed by atoms with van der Waals surface area (Å²) < 4.78 is 0. The third-order valence-electron chi connectivity index (χ3n) is 4.31. The van der Waals surface area contributed by atoms with Gasteiger partial charge in [0.05, 0.1) is 0 Å². The Hall–Kier alpha value is 0.350. The topological polar surface area (TPSA) is 0 Å². The quantitative estimate of drug-likeness (QED) is 0.609. The molecule has 0 amide bonds. The summed E-state index contributed by atoms with van der Waals surface area (Å²) in [6.07, 6.45) is 14.2. The molecular weight excluding hydrogens is 176 g/mol. The zero-order valence-corrected chi connectivity index (χ0v) is 9.32. The van der Waals surface area contributed by atoms with Crippen LogP contribution in [0.3, 0.4) is 0 Å². The summed E-state index contributed by atoms with van der Waals surface area (Å²) >= 11 is 0. The standard InChI is InChI=1S/C12H21S/c1-4-10(5-1)13(11-6-2-7-11)12-8-3-9-12/h10-12H,1-9H2/q+1. The normalized spacial score (nSPS) is 31.2. The van der Waals surface area contributed by atoms with Crippen molar-refractivity contribution in [3.63, 3.8) is 0 Å². The first-order valence-electron chi connectivity index (χ1n) is 6.16. The van der Waals surface area contributed by atoms with Crippen LogP contribution in [0.2, 0.25) is 0 Å². The molecule has 0 spiro atoms. The van der Waals surface area contributed by atoms with Crippen molar-refractivity contribution in [2.45, 2.75) is 73.5 Å². The molecule has 0 N–H and O–H groups in total. The van der Waals surface area contributed by atoms with Crippen LogP contribution in [0.4, 0.5) is 0 Å². The van der Waals surface area contributed by atoms with Crippen LogP contribution in [0, 0.1) is 0 Å². The van der Waals surface area contributed by atoms with E-state index in [1.165, 1.54) is 15.7 Å². The summed E-state index contributed by atoms with van der Waals surface area (Å²) in [5.41, 5.74) is 0. The molecule has 0 radical (unpaired) electrons. The predicted molar refractivity (Wildman–Crippen MR) is 60.3 cm³/mol. The minimum atomic E-state index is 0.902. The molecule has 0 bridgehead atoms. The number of rotatable bonds is 3. The van der Waals surface area contributed by atoms with E-state index in [1.54, 1.807) is 57.8 Å². The lowest BCUT2D eigenvalue weighted by atomic mass is 9.98. The molecular formula is C12H21S+. The van der Waals surface area contributed by atoms with Gasteiger partial charge in [0.1, 0.15) is 15.7 Å². The van der Waals surface area contributed by atoms with E-state index in [4.69, 9.17) is 0 Å². The van der Waals surface area contributed by atoms with Gasteiger partial charge in [-0.05, 0) is 68.7 Å². The molecule has 3 fully saturated rings. The fourth-order valence-corrected chi connectivity index (χ4v) is 7.01. The third-order valence-corrected chi connectivity index (χ3v) is 8.03. The maximum absolute atomic E-state index is 1.59. The molecule has 0 heterocycles. The van der Waals surface area contributed by atoms with Crippen molar-refractivity contribution in [3.05, 3.63) is 0 Å². The number of hydrogen-bond acceptors (Lipinski definition) is 0. The van der Waals surface area contributed by atoms with Crippen LogP contribution in [0.15, 0.2) is 0 Å². The van der Waals surface area contributed by atoms with Crippen molar-refractivity contribution >= 4 is 10.9 Å². The molecule has 0 aromatic carbocycles. The van der Waals surface area contributed by atoms with Gasteiger partial charge in [-0.25, -0.2) is 0 Å². The minimum absolute atomic E-state index is 0.902. The highest BCUT2D eigenvalue weighted by molar-refractivity contribution is 7.98. The monoisotopic (exact) mass is 197 g/mol. The van der Waals surface area contributed by atoms with Gasteiger partial charge in [-0.2, -0.15) is 0 Å². The van der Waals surface area contributed by atoms with Crippen molar-refractivity contribution in [2.24, 2.45) is 0 Å². The Balaban J connectivity index is 1.64. The summed E-state index contributed by atoms with van der Waals surface area (Å²) in [5, 5.41) is 3.61. The summed E-state index contributed by atoms with van der Waals surface area (Å²) in [6, 6.07) is 0. The Morgan fingerprint density at radius 1 is 0.538 bits per heavy atom. The van der Waals surface area contributed by atoms with E-state index < -0.39 is 0 Å². The van der Waals surface area contributed by atoms with Crippen LogP contribution in [0.25, 0.3) is 0 Å². The Labute approximate surface area is 84.8 Å². The molecule has 3 aliphatic carbocycles. The molecule has 0 aromatic heterocycles. The molecule has 0 unspecified atom stereocenters. The largest absolute Gasteiger partial charge is 0.118 e. The fourth-order valence-electron chi connectivity index (χ4n) is 2.75. The molecule has 3 rings (SSSR count). The lowest BCUT2D eigenvalue weighted by Crippen LogP contribution is -2.48. The van der Waals surface area contributed by atoms with E-state index >= 15 is 0 Å². The highest BCUT2D eigenvalue weighted by atomic mass is 32.2. The van der Waals surface area contributed by atoms with Crippen molar-refractivity contribution in [2.75, 3.05) is 0 Å². The highest BCUT2D eigenvalue weighted by Crippen LogP contribution is 2.44. The van der Waals surface area contributed by atoms with Crippen molar-refractivity contribution in [3.8, 4) is 0 Å². The van der Waals surface area contributed by atoms with Crippen LogP contribution in [-0.4, -0.2) is 15.7 Å². The van der Waals surface area contributed by atoms with Crippen LogP contribution >= 0.6 is 0 Å². The van der Waals surface area contributed by atoms with Gasteiger partial charge in [0.15, 0.2) is 0 Å². The first kappa shape index (κ1) is 8.64. The van der Waals surface area contributed by atoms with Gasteiger partial charge < -0.3 is 0 Å². The van der Waals surface area contributed by atoms with Crippen molar-refractivity contribution in [1.29, 1.82) is 0 Å². The molecule has 0 saturated heterocycles. The first-order valence-corrected chi connectivity index (χ1v) is 7.57. The molecule has 74 valence electrons. The zero-order chi connectivity index (χ0) is 8.67. The summed E-state index contributed by atoms with van der Waals surface area (Å²) in [5.74, 6) is 0. The SMILES string of the molecule is C1CC([S+](C2CCC2)C2CCC2)C1. The Bertz CT molecular complexity index is 144. The second-order valence-electron chi connectivity index (χ2n) is 5.07. The van der Waals surface area contributed by atoms with Gasteiger partial charge in [-0.1, -0.05) is 0 Å². The van der Waals surface area contributed by atoms with Crippen LogP contribution in [0.1, 0.15) is 57.8 Å². The summed E-state index contributed by atoms with van der Waals surface area (Å²) in [4.78, 5) is 0.